The van der Waals surface area contributed by atoms with Gasteiger partial charge in [-0.05, 0) is 50.8 Å². The van der Waals surface area contributed by atoms with E-state index in [4.69, 9.17) is 16.3 Å². The minimum absolute atomic E-state index is 0.000668. The van der Waals surface area contributed by atoms with Crippen LogP contribution in [0.25, 0.3) is 10.9 Å². The monoisotopic (exact) mass is 493 g/mol. The topological polar surface area (TPSA) is 79.4 Å². The molecule has 9 heteroatoms. The van der Waals surface area contributed by atoms with Crippen molar-refractivity contribution in [2.45, 2.75) is 6.42 Å². The molecule has 0 saturated carbocycles. The van der Waals surface area contributed by atoms with Crippen molar-refractivity contribution in [3.05, 3.63) is 65.2 Å². The molecule has 4 rings (SSSR count). The van der Waals surface area contributed by atoms with Gasteiger partial charge in [-0.2, -0.15) is 0 Å². The molecule has 180 valence electrons. The van der Waals surface area contributed by atoms with Crippen molar-refractivity contribution in [1.82, 2.24) is 14.9 Å². The van der Waals surface area contributed by atoms with E-state index in [0.29, 0.717) is 53.4 Å². The Balaban J connectivity index is 1.71. The molecule has 1 aliphatic heterocycles. The van der Waals surface area contributed by atoms with Gasteiger partial charge < -0.3 is 20.3 Å². The Hall–Kier alpha value is -3.51. The summed E-state index contributed by atoms with van der Waals surface area (Å²) in [6.45, 7) is 1.95. The summed E-state index contributed by atoms with van der Waals surface area (Å²) in [6, 6.07) is 7.93. The van der Waals surface area contributed by atoms with Crippen LogP contribution in [0.15, 0.2) is 48.8 Å². The SMILES string of the molecule is CN(C)C/C=C/C(=O)Nc1cc2c(Nc3ccc(F)c(Cl)c3)ncnc2cc1C#C[C@@H]1CCOC1. The van der Waals surface area contributed by atoms with Gasteiger partial charge in [-0.25, -0.2) is 14.4 Å². The van der Waals surface area contributed by atoms with Gasteiger partial charge in [0.25, 0.3) is 0 Å². The minimum Gasteiger partial charge on any atom is -0.380 e. The van der Waals surface area contributed by atoms with Crippen LogP contribution in [0.3, 0.4) is 0 Å². The molecule has 1 saturated heterocycles. The number of carbonyl (C=O) groups excluding carboxylic acids is 1. The number of halogens is 2. The molecule has 1 amide bonds. The van der Waals surface area contributed by atoms with E-state index in [2.05, 4.69) is 32.4 Å². The number of carbonyl (C=O) groups is 1. The van der Waals surface area contributed by atoms with E-state index in [1.807, 2.05) is 25.1 Å². The van der Waals surface area contributed by atoms with Gasteiger partial charge in [-0.1, -0.05) is 29.5 Å². The van der Waals surface area contributed by atoms with E-state index in [1.54, 1.807) is 18.2 Å². The summed E-state index contributed by atoms with van der Waals surface area (Å²) in [4.78, 5) is 23.3. The number of anilines is 3. The van der Waals surface area contributed by atoms with Crippen molar-refractivity contribution >= 4 is 45.6 Å². The normalized spacial score (nSPS) is 15.4. The third-order valence-electron chi connectivity index (χ3n) is 5.30. The number of hydrogen-bond donors (Lipinski definition) is 2. The van der Waals surface area contributed by atoms with Gasteiger partial charge in [0.2, 0.25) is 5.91 Å². The van der Waals surface area contributed by atoms with E-state index in [1.165, 1.54) is 24.5 Å². The van der Waals surface area contributed by atoms with Crippen LogP contribution in [-0.4, -0.2) is 54.6 Å². The van der Waals surface area contributed by atoms with Crippen molar-refractivity contribution in [3.63, 3.8) is 0 Å². The lowest BCUT2D eigenvalue weighted by Gasteiger charge is -2.12. The quantitative estimate of drug-likeness (QED) is 0.385. The van der Waals surface area contributed by atoms with Crippen LogP contribution in [0.2, 0.25) is 5.02 Å². The Labute approximate surface area is 208 Å². The van der Waals surface area contributed by atoms with Gasteiger partial charge >= 0.3 is 0 Å². The number of nitrogens with one attached hydrogen (secondary N) is 2. The predicted octanol–water partition coefficient (Wildman–Crippen LogP) is 4.61. The fraction of sp³-hybridized carbons (Fsp3) is 0.269. The van der Waals surface area contributed by atoms with Crippen molar-refractivity contribution in [1.29, 1.82) is 0 Å². The molecule has 2 aromatic carbocycles. The number of rotatable bonds is 6. The third-order valence-corrected chi connectivity index (χ3v) is 5.58. The van der Waals surface area contributed by atoms with Crippen LogP contribution in [0.4, 0.5) is 21.6 Å². The highest BCUT2D eigenvalue weighted by atomic mass is 35.5. The van der Waals surface area contributed by atoms with Gasteiger partial charge in [0.1, 0.15) is 18.0 Å². The highest BCUT2D eigenvalue weighted by Crippen LogP contribution is 2.30. The molecule has 0 radical (unpaired) electrons. The summed E-state index contributed by atoms with van der Waals surface area (Å²) in [5.74, 6) is 6.30. The van der Waals surface area contributed by atoms with Crippen molar-refractivity contribution in [2.24, 2.45) is 5.92 Å². The lowest BCUT2D eigenvalue weighted by atomic mass is 10.1. The first-order valence-corrected chi connectivity index (χ1v) is 11.5. The zero-order valence-corrected chi connectivity index (χ0v) is 20.2. The molecule has 2 N–H and O–H groups in total. The maximum atomic E-state index is 13.6. The number of benzene rings is 2. The molecule has 0 bridgehead atoms. The molecule has 7 nitrogen and oxygen atoms in total. The molecular formula is C26H25ClFN5O2. The largest absolute Gasteiger partial charge is 0.380 e. The summed E-state index contributed by atoms with van der Waals surface area (Å²) < 4.78 is 19.0. The Morgan fingerprint density at radius 1 is 1.31 bits per heavy atom. The number of aromatic nitrogens is 2. The molecule has 1 atom stereocenters. The number of ether oxygens (including phenoxy) is 1. The van der Waals surface area contributed by atoms with Gasteiger partial charge in [0.15, 0.2) is 0 Å². The van der Waals surface area contributed by atoms with Crippen LogP contribution in [0, 0.1) is 23.6 Å². The standard InChI is InChI=1S/C26H25ClFN5O2/c1-33(2)10-3-4-25(34)32-23-14-20-24(12-18(23)6-5-17-9-11-35-15-17)29-16-30-26(20)31-19-7-8-22(28)21(27)13-19/h3-4,7-8,12-14,16-17H,9-11,15H2,1-2H3,(H,32,34)(H,29,30,31)/b4-3+/t17-/m1/s1. The van der Waals surface area contributed by atoms with Gasteiger partial charge in [0.05, 0.1) is 28.4 Å². The van der Waals surface area contributed by atoms with Crippen LogP contribution in [0.1, 0.15) is 12.0 Å². The average Bonchev–Trinajstić information content (AvgIpc) is 3.34. The number of hydrogen-bond acceptors (Lipinski definition) is 6. The molecule has 0 aliphatic carbocycles. The lowest BCUT2D eigenvalue weighted by molar-refractivity contribution is -0.111. The Morgan fingerprint density at radius 3 is 2.91 bits per heavy atom. The van der Waals surface area contributed by atoms with Gasteiger partial charge in [-0.3, -0.25) is 4.79 Å². The zero-order chi connectivity index (χ0) is 24.8. The average molecular weight is 494 g/mol. The van der Waals surface area contributed by atoms with E-state index in [0.717, 1.165) is 6.42 Å². The van der Waals surface area contributed by atoms with E-state index < -0.39 is 5.82 Å². The highest BCUT2D eigenvalue weighted by molar-refractivity contribution is 6.31. The smallest absolute Gasteiger partial charge is 0.248 e. The molecule has 0 unspecified atom stereocenters. The number of fused-ring (bicyclic) bond motifs is 1. The maximum Gasteiger partial charge on any atom is 0.248 e. The maximum absolute atomic E-state index is 13.6. The summed E-state index contributed by atoms with van der Waals surface area (Å²) in [5.41, 5.74) is 2.40. The van der Waals surface area contributed by atoms with Gasteiger partial charge in [0, 0.05) is 36.2 Å². The Morgan fingerprint density at radius 2 is 2.17 bits per heavy atom. The van der Waals surface area contributed by atoms with E-state index in [9.17, 15) is 9.18 Å². The number of likely N-dealkylation sites (N-methyl/N-ethyl adjacent to an activating group) is 1. The Bertz CT molecular complexity index is 1330. The first kappa shape index (κ1) is 24.6. The van der Waals surface area contributed by atoms with E-state index >= 15 is 0 Å². The summed E-state index contributed by atoms with van der Waals surface area (Å²) in [7, 11) is 3.85. The molecule has 1 aromatic heterocycles. The zero-order valence-electron chi connectivity index (χ0n) is 19.4. The molecule has 35 heavy (non-hydrogen) atoms. The second kappa shape index (κ2) is 11.3. The second-order valence-corrected chi connectivity index (χ2v) is 8.78. The summed E-state index contributed by atoms with van der Waals surface area (Å²) in [6.07, 6.45) is 5.59. The van der Waals surface area contributed by atoms with E-state index in [-0.39, 0.29) is 16.8 Å². The summed E-state index contributed by atoms with van der Waals surface area (Å²) in [5, 5.41) is 6.74. The Kier molecular flexibility index (Phi) is 7.93. The van der Waals surface area contributed by atoms with Crippen LogP contribution in [-0.2, 0) is 9.53 Å². The fourth-order valence-electron chi connectivity index (χ4n) is 3.49. The molecule has 3 aromatic rings. The second-order valence-electron chi connectivity index (χ2n) is 8.37. The predicted molar refractivity (Wildman–Crippen MR) is 136 cm³/mol. The molecule has 0 spiro atoms. The van der Waals surface area contributed by atoms with Gasteiger partial charge in [-0.15, -0.1) is 0 Å². The van der Waals surface area contributed by atoms with Crippen LogP contribution < -0.4 is 10.6 Å². The fourth-order valence-corrected chi connectivity index (χ4v) is 3.67. The van der Waals surface area contributed by atoms with Crippen LogP contribution >= 0.6 is 11.6 Å². The summed E-state index contributed by atoms with van der Waals surface area (Å²) >= 11 is 5.92. The minimum atomic E-state index is -0.507. The molecule has 1 fully saturated rings. The third kappa shape index (κ3) is 6.55. The first-order chi connectivity index (χ1) is 16.9. The lowest BCUT2D eigenvalue weighted by Crippen LogP contribution is -2.13. The van der Waals surface area contributed by atoms with Crippen molar-refractivity contribution in [2.75, 3.05) is 44.5 Å². The van der Waals surface area contributed by atoms with Crippen LogP contribution in [0.5, 0.6) is 0 Å². The first-order valence-electron chi connectivity index (χ1n) is 11.1. The highest BCUT2D eigenvalue weighted by Gasteiger charge is 2.14. The molecular weight excluding hydrogens is 469 g/mol. The molecule has 1 aliphatic rings. The number of nitrogens with zero attached hydrogens (tertiary/aromatic N) is 3. The van der Waals surface area contributed by atoms with Crippen molar-refractivity contribution < 1.29 is 13.9 Å². The molecule has 2 heterocycles. The number of amides is 1. The van der Waals surface area contributed by atoms with Crippen molar-refractivity contribution in [3.8, 4) is 11.8 Å².